The SMILES string of the molecule is CC(C)Oc1ccc(S(=O)(=O)N(C)c2nccs2)cc1. The van der Waals surface area contributed by atoms with E-state index in [-0.39, 0.29) is 11.0 Å². The second-order valence-corrected chi connectivity index (χ2v) is 7.27. The molecule has 0 aliphatic rings. The van der Waals surface area contributed by atoms with Gasteiger partial charge in [0, 0.05) is 18.6 Å². The van der Waals surface area contributed by atoms with Gasteiger partial charge in [-0.15, -0.1) is 11.3 Å². The van der Waals surface area contributed by atoms with Gasteiger partial charge in [-0.2, -0.15) is 0 Å². The van der Waals surface area contributed by atoms with E-state index in [2.05, 4.69) is 4.98 Å². The Labute approximate surface area is 122 Å². The van der Waals surface area contributed by atoms with Gasteiger partial charge in [-0.05, 0) is 38.1 Å². The highest BCUT2D eigenvalue weighted by atomic mass is 32.2. The van der Waals surface area contributed by atoms with Crippen LogP contribution < -0.4 is 9.04 Å². The van der Waals surface area contributed by atoms with Crippen LogP contribution >= 0.6 is 11.3 Å². The van der Waals surface area contributed by atoms with Crippen LogP contribution in [-0.2, 0) is 10.0 Å². The first-order chi connectivity index (χ1) is 9.41. The molecule has 0 unspecified atom stereocenters. The van der Waals surface area contributed by atoms with Gasteiger partial charge in [-0.3, -0.25) is 0 Å². The zero-order chi connectivity index (χ0) is 14.8. The Morgan fingerprint density at radius 3 is 2.40 bits per heavy atom. The summed E-state index contributed by atoms with van der Waals surface area (Å²) in [6.45, 7) is 3.84. The maximum absolute atomic E-state index is 12.4. The summed E-state index contributed by atoms with van der Waals surface area (Å²) in [7, 11) is -2.09. The van der Waals surface area contributed by atoms with Crippen molar-refractivity contribution in [2.75, 3.05) is 11.4 Å². The first-order valence-electron chi connectivity index (χ1n) is 6.06. The molecule has 7 heteroatoms. The number of sulfonamides is 1. The van der Waals surface area contributed by atoms with E-state index in [1.54, 1.807) is 23.7 Å². The van der Waals surface area contributed by atoms with Gasteiger partial charge < -0.3 is 4.74 Å². The number of hydrogen-bond donors (Lipinski definition) is 0. The molecule has 2 aromatic rings. The summed E-state index contributed by atoms with van der Waals surface area (Å²) in [6.07, 6.45) is 1.63. The number of nitrogens with zero attached hydrogens (tertiary/aromatic N) is 2. The number of rotatable bonds is 5. The van der Waals surface area contributed by atoms with Crippen LogP contribution in [-0.4, -0.2) is 26.6 Å². The van der Waals surface area contributed by atoms with Crippen LogP contribution in [0.25, 0.3) is 0 Å². The van der Waals surface area contributed by atoms with Gasteiger partial charge in [0.05, 0.1) is 11.0 Å². The van der Waals surface area contributed by atoms with Crippen LogP contribution in [0, 0.1) is 0 Å². The molecule has 5 nitrogen and oxygen atoms in total. The predicted octanol–water partition coefficient (Wildman–Crippen LogP) is 2.76. The lowest BCUT2D eigenvalue weighted by molar-refractivity contribution is 0.242. The number of ether oxygens (including phenoxy) is 1. The van der Waals surface area contributed by atoms with Crippen molar-refractivity contribution in [1.29, 1.82) is 0 Å². The maximum atomic E-state index is 12.4. The van der Waals surface area contributed by atoms with Crippen molar-refractivity contribution in [3.05, 3.63) is 35.8 Å². The van der Waals surface area contributed by atoms with Gasteiger partial charge in [-0.25, -0.2) is 17.7 Å². The molecule has 0 spiro atoms. The molecule has 1 aromatic heterocycles. The van der Waals surface area contributed by atoms with E-state index < -0.39 is 10.0 Å². The minimum Gasteiger partial charge on any atom is -0.491 e. The molecule has 0 aliphatic carbocycles. The van der Waals surface area contributed by atoms with Crippen molar-refractivity contribution in [3.8, 4) is 5.75 Å². The van der Waals surface area contributed by atoms with Crippen LogP contribution in [0.1, 0.15) is 13.8 Å². The molecule has 0 saturated heterocycles. The molecule has 0 saturated carbocycles. The van der Waals surface area contributed by atoms with E-state index in [0.717, 1.165) is 0 Å². The van der Waals surface area contributed by atoms with Crippen molar-refractivity contribution in [2.45, 2.75) is 24.8 Å². The van der Waals surface area contributed by atoms with Crippen LogP contribution in [0.15, 0.2) is 40.7 Å². The Morgan fingerprint density at radius 2 is 1.90 bits per heavy atom. The predicted molar refractivity (Wildman–Crippen MR) is 79.9 cm³/mol. The average molecular weight is 312 g/mol. The largest absolute Gasteiger partial charge is 0.491 e. The van der Waals surface area contributed by atoms with Gasteiger partial charge in [0.2, 0.25) is 0 Å². The highest BCUT2D eigenvalue weighted by Crippen LogP contribution is 2.25. The third-order valence-corrected chi connectivity index (χ3v) is 5.27. The number of benzene rings is 1. The van der Waals surface area contributed by atoms with Crippen molar-refractivity contribution >= 4 is 26.5 Å². The van der Waals surface area contributed by atoms with E-state index in [1.165, 1.54) is 34.8 Å². The van der Waals surface area contributed by atoms with Gasteiger partial charge in [-0.1, -0.05) is 0 Å². The second kappa shape index (κ2) is 5.80. The Bertz CT molecular complexity index is 649. The molecule has 0 atom stereocenters. The van der Waals surface area contributed by atoms with Crippen molar-refractivity contribution in [1.82, 2.24) is 4.98 Å². The quantitative estimate of drug-likeness (QED) is 0.852. The summed E-state index contributed by atoms with van der Waals surface area (Å²) in [5, 5.41) is 2.17. The van der Waals surface area contributed by atoms with Crippen molar-refractivity contribution in [3.63, 3.8) is 0 Å². The zero-order valence-electron chi connectivity index (χ0n) is 11.5. The number of aromatic nitrogens is 1. The Morgan fingerprint density at radius 1 is 1.25 bits per heavy atom. The van der Waals surface area contributed by atoms with Crippen molar-refractivity contribution < 1.29 is 13.2 Å². The highest BCUT2D eigenvalue weighted by molar-refractivity contribution is 7.93. The average Bonchev–Trinajstić information content (AvgIpc) is 2.91. The summed E-state index contributed by atoms with van der Waals surface area (Å²) in [5.41, 5.74) is 0. The van der Waals surface area contributed by atoms with E-state index in [1.807, 2.05) is 13.8 Å². The third-order valence-electron chi connectivity index (χ3n) is 2.54. The third kappa shape index (κ3) is 3.10. The van der Waals surface area contributed by atoms with E-state index in [9.17, 15) is 8.42 Å². The van der Waals surface area contributed by atoms with Crippen LogP contribution in [0.5, 0.6) is 5.75 Å². The van der Waals surface area contributed by atoms with Crippen LogP contribution in [0.2, 0.25) is 0 Å². The number of anilines is 1. The summed E-state index contributed by atoms with van der Waals surface area (Å²) < 4.78 is 31.5. The summed E-state index contributed by atoms with van der Waals surface area (Å²) in [4.78, 5) is 4.22. The first-order valence-corrected chi connectivity index (χ1v) is 8.38. The zero-order valence-corrected chi connectivity index (χ0v) is 13.1. The molecule has 1 aromatic carbocycles. The fraction of sp³-hybridized carbons (Fsp3) is 0.308. The standard InChI is InChI=1S/C13H16N2O3S2/c1-10(2)18-11-4-6-12(7-5-11)20(16,17)15(3)13-14-8-9-19-13/h4-10H,1-3H3. The summed E-state index contributed by atoms with van der Waals surface area (Å²) >= 11 is 1.28. The normalized spacial score (nSPS) is 11.6. The van der Waals surface area contributed by atoms with E-state index >= 15 is 0 Å². The number of thiazole rings is 1. The van der Waals surface area contributed by atoms with Gasteiger partial charge in [0.25, 0.3) is 10.0 Å². The minimum absolute atomic E-state index is 0.0513. The van der Waals surface area contributed by atoms with Gasteiger partial charge >= 0.3 is 0 Å². The van der Waals surface area contributed by atoms with E-state index in [0.29, 0.717) is 10.9 Å². The lowest BCUT2D eigenvalue weighted by Crippen LogP contribution is -2.26. The molecule has 0 amide bonds. The fourth-order valence-corrected chi connectivity index (χ4v) is 3.58. The molecule has 2 rings (SSSR count). The molecule has 108 valence electrons. The number of hydrogen-bond acceptors (Lipinski definition) is 5. The highest BCUT2D eigenvalue weighted by Gasteiger charge is 2.22. The van der Waals surface area contributed by atoms with Crippen LogP contribution in [0.4, 0.5) is 5.13 Å². The minimum atomic E-state index is -3.58. The van der Waals surface area contributed by atoms with Crippen LogP contribution in [0.3, 0.4) is 0 Å². The molecule has 0 fully saturated rings. The van der Waals surface area contributed by atoms with E-state index in [4.69, 9.17) is 4.74 Å². The van der Waals surface area contributed by atoms with Gasteiger partial charge in [0.1, 0.15) is 5.75 Å². The molecule has 0 aliphatic heterocycles. The molecule has 0 radical (unpaired) electrons. The first kappa shape index (κ1) is 14.8. The molecule has 1 heterocycles. The fourth-order valence-electron chi connectivity index (χ4n) is 1.59. The smallest absolute Gasteiger partial charge is 0.265 e. The lowest BCUT2D eigenvalue weighted by atomic mass is 10.3. The monoisotopic (exact) mass is 312 g/mol. The molecular formula is C13H16N2O3S2. The maximum Gasteiger partial charge on any atom is 0.265 e. The Balaban J connectivity index is 2.26. The van der Waals surface area contributed by atoms with Gasteiger partial charge in [0.15, 0.2) is 5.13 Å². The summed E-state index contributed by atoms with van der Waals surface area (Å²) in [5.74, 6) is 0.649. The Kier molecular flexibility index (Phi) is 4.29. The molecule has 20 heavy (non-hydrogen) atoms. The lowest BCUT2D eigenvalue weighted by Gasteiger charge is -2.16. The Hall–Kier alpha value is -1.60. The second-order valence-electron chi connectivity index (χ2n) is 4.43. The topological polar surface area (TPSA) is 59.5 Å². The summed E-state index contributed by atoms with van der Waals surface area (Å²) in [6, 6.07) is 6.39. The molecule has 0 N–H and O–H groups in total. The molecule has 0 bridgehead atoms. The van der Waals surface area contributed by atoms with Crippen molar-refractivity contribution in [2.24, 2.45) is 0 Å². The molecular weight excluding hydrogens is 296 g/mol.